The topological polar surface area (TPSA) is 64.9 Å². The highest BCUT2D eigenvalue weighted by molar-refractivity contribution is 5.18. The van der Waals surface area contributed by atoms with Gasteiger partial charge in [-0.05, 0) is 12.1 Å². The number of hydrogen-bond donors (Lipinski definition) is 1. The number of aromatic nitrogens is 2. The molecule has 4 nitrogen and oxygen atoms in total. The Bertz CT molecular complexity index is 424. The van der Waals surface area contributed by atoms with Gasteiger partial charge in [0.1, 0.15) is 17.6 Å². The van der Waals surface area contributed by atoms with Crippen LogP contribution in [0.25, 0.3) is 0 Å². The number of hydrogen-bond acceptors (Lipinski definition) is 4. The summed E-state index contributed by atoms with van der Waals surface area (Å²) in [5.41, 5.74) is 6.71. The molecule has 78 valence electrons. The van der Waals surface area contributed by atoms with Crippen LogP contribution in [0.3, 0.4) is 0 Å². The Hall–Kier alpha value is -1.68. The fraction of sp³-hybridized carbons (Fsp3) is 0.273. The van der Waals surface area contributed by atoms with E-state index >= 15 is 0 Å². The van der Waals surface area contributed by atoms with Crippen molar-refractivity contribution >= 4 is 0 Å². The van der Waals surface area contributed by atoms with Gasteiger partial charge in [0, 0.05) is 18.8 Å². The maximum absolute atomic E-state index is 5.99. The summed E-state index contributed by atoms with van der Waals surface area (Å²) in [6, 6.07) is 3.49. The van der Waals surface area contributed by atoms with Crippen molar-refractivity contribution in [1.29, 1.82) is 0 Å². The van der Waals surface area contributed by atoms with E-state index in [2.05, 4.69) is 9.97 Å². The van der Waals surface area contributed by atoms with Crippen LogP contribution in [-0.4, -0.2) is 9.97 Å². The predicted octanol–water partition coefficient (Wildman–Crippen LogP) is 1.68. The Labute approximate surface area is 88.2 Å². The smallest absolute Gasteiger partial charge is 0.127 e. The first-order valence-electron chi connectivity index (χ1n) is 4.91. The van der Waals surface area contributed by atoms with Gasteiger partial charge in [0.15, 0.2) is 0 Å². The van der Waals surface area contributed by atoms with Gasteiger partial charge < -0.3 is 10.2 Å². The summed E-state index contributed by atoms with van der Waals surface area (Å²) in [6.45, 7) is 2.04. The first-order chi connectivity index (χ1) is 7.31. The molecule has 2 aromatic rings. The molecule has 0 fully saturated rings. The molecule has 0 bridgehead atoms. The Morgan fingerprint density at radius 1 is 1.40 bits per heavy atom. The number of furan rings is 1. The minimum absolute atomic E-state index is 0.334. The van der Waals surface area contributed by atoms with E-state index < -0.39 is 0 Å². The van der Waals surface area contributed by atoms with E-state index in [1.807, 2.05) is 19.1 Å². The average molecular weight is 203 g/mol. The van der Waals surface area contributed by atoms with E-state index in [1.54, 1.807) is 18.6 Å². The zero-order chi connectivity index (χ0) is 10.7. The molecule has 2 N–H and O–H groups in total. The molecule has 1 unspecified atom stereocenters. The molecular formula is C11H13N3O. The van der Waals surface area contributed by atoms with Crippen LogP contribution in [0.5, 0.6) is 0 Å². The molecule has 2 rings (SSSR count). The lowest BCUT2D eigenvalue weighted by atomic mass is 10.2. The van der Waals surface area contributed by atoms with Crippen molar-refractivity contribution in [2.45, 2.75) is 19.4 Å². The third-order valence-corrected chi connectivity index (χ3v) is 2.24. The number of nitrogens with two attached hydrogens (primary N) is 1. The molecule has 15 heavy (non-hydrogen) atoms. The summed E-state index contributed by atoms with van der Waals surface area (Å²) < 4.78 is 5.56. The largest absolute Gasteiger partial charge is 0.464 e. The Morgan fingerprint density at radius 2 is 2.27 bits per heavy atom. The van der Waals surface area contributed by atoms with Gasteiger partial charge in [-0.2, -0.15) is 0 Å². The molecule has 4 heteroatoms. The third kappa shape index (κ3) is 2.05. The lowest BCUT2D eigenvalue weighted by Gasteiger charge is -2.06. The van der Waals surface area contributed by atoms with Crippen LogP contribution in [0.15, 0.2) is 35.1 Å². The number of nitrogens with zero attached hydrogens (tertiary/aromatic N) is 2. The van der Waals surface area contributed by atoms with Crippen molar-refractivity contribution in [3.63, 3.8) is 0 Å². The van der Waals surface area contributed by atoms with Gasteiger partial charge in [-0.15, -0.1) is 0 Å². The summed E-state index contributed by atoms with van der Waals surface area (Å²) in [6.07, 6.45) is 5.76. The highest BCUT2D eigenvalue weighted by Gasteiger charge is 2.13. The highest BCUT2D eigenvalue weighted by atomic mass is 16.3. The molecule has 0 radical (unpaired) electrons. The molecule has 2 aromatic heterocycles. The predicted molar refractivity (Wildman–Crippen MR) is 56.1 cm³/mol. The normalized spacial score (nSPS) is 12.7. The second-order valence-corrected chi connectivity index (χ2v) is 3.27. The highest BCUT2D eigenvalue weighted by Crippen LogP contribution is 2.19. The first kappa shape index (κ1) is 9.86. The Morgan fingerprint density at radius 3 is 2.87 bits per heavy atom. The minimum atomic E-state index is -0.334. The second-order valence-electron chi connectivity index (χ2n) is 3.27. The van der Waals surface area contributed by atoms with Crippen LogP contribution in [0, 0.1) is 0 Å². The summed E-state index contributed by atoms with van der Waals surface area (Å²) in [5, 5.41) is 0. The van der Waals surface area contributed by atoms with Gasteiger partial charge in [0.2, 0.25) is 0 Å². The molecule has 0 spiro atoms. The molecule has 0 aliphatic rings. The van der Waals surface area contributed by atoms with Gasteiger partial charge in [0.05, 0.1) is 11.9 Å². The standard InChI is InChI=1S/C11H13N3O/c1-2-8-3-4-10(15-8)11(12)9-7-13-5-6-14-9/h3-7,11H,2,12H2,1H3. The molecule has 0 aromatic carbocycles. The second kappa shape index (κ2) is 4.23. The summed E-state index contributed by atoms with van der Waals surface area (Å²) in [4.78, 5) is 8.12. The zero-order valence-electron chi connectivity index (χ0n) is 8.55. The Kier molecular flexibility index (Phi) is 2.78. The van der Waals surface area contributed by atoms with Crippen molar-refractivity contribution in [1.82, 2.24) is 9.97 Å². The van der Waals surface area contributed by atoms with E-state index in [0.29, 0.717) is 0 Å². The monoisotopic (exact) mass is 203 g/mol. The Balaban J connectivity index is 2.24. The summed E-state index contributed by atoms with van der Waals surface area (Å²) in [5.74, 6) is 1.66. The van der Waals surface area contributed by atoms with Crippen LogP contribution >= 0.6 is 0 Å². The zero-order valence-corrected chi connectivity index (χ0v) is 8.55. The lowest BCUT2D eigenvalue weighted by molar-refractivity contribution is 0.451. The van der Waals surface area contributed by atoms with Gasteiger partial charge in [-0.25, -0.2) is 0 Å². The summed E-state index contributed by atoms with van der Waals surface area (Å²) in [7, 11) is 0. The third-order valence-electron chi connectivity index (χ3n) is 2.24. The maximum Gasteiger partial charge on any atom is 0.127 e. The van der Waals surface area contributed by atoms with Crippen LogP contribution < -0.4 is 5.73 Å². The quantitative estimate of drug-likeness (QED) is 0.824. The van der Waals surface area contributed by atoms with E-state index in [1.165, 1.54) is 0 Å². The van der Waals surface area contributed by atoms with Gasteiger partial charge in [0.25, 0.3) is 0 Å². The van der Waals surface area contributed by atoms with Crippen LogP contribution in [0.1, 0.15) is 30.2 Å². The van der Waals surface area contributed by atoms with Crippen molar-refractivity contribution < 1.29 is 4.42 Å². The number of rotatable bonds is 3. The van der Waals surface area contributed by atoms with Gasteiger partial charge >= 0.3 is 0 Å². The SMILES string of the molecule is CCc1ccc(C(N)c2cnccn2)o1. The molecule has 0 aliphatic heterocycles. The van der Waals surface area contributed by atoms with Crippen LogP contribution in [0.4, 0.5) is 0 Å². The molecule has 0 aliphatic carbocycles. The van der Waals surface area contributed by atoms with Crippen molar-refractivity contribution in [3.8, 4) is 0 Å². The molecule has 0 amide bonds. The fourth-order valence-electron chi connectivity index (χ4n) is 1.37. The van der Waals surface area contributed by atoms with Crippen molar-refractivity contribution in [2.75, 3.05) is 0 Å². The van der Waals surface area contributed by atoms with Crippen LogP contribution in [-0.2, 0) is 6.42 Å². The molecule has 0 saturated carbocycles. The van der Waals surface area contributed by atoms with Crippen LogP contribution in [0.2, 0.25) is 0 Å². The van der Waals surface area contributed by atoms with Crippen molar-refractivity contribution in [2.24, 2.45) is 5.73 Å². The average Bonchev–Trinajstić information content (AvgIpc) is 2.78. The molecular weight excluding hydrogens is 190 g/mol. The van der Waals surface area contributed by atoms with E-state index in [-0.39, 0.29) is 6.04 Å². The van der Waals surface area contributed by atoms with Gasteiger partial charge in [-0.3, -0.25) is 9.97 Å². The van der Waals surface area contributed by atoms with Gasteiger partial charge in [-0.1, -0.05) is 6.92 Å². The molecule has 1 atom stereocenters. The summed E-state index contributed by atoms with van der Waals surface area (Å²) >= 11 is 0. The first-order valence-corrected chi connectivity index (χ1v) is 4.91. The lowest BCUT2D eigenvalue weighted by Crippen LogP contribution is -2.12. The van der Waals surface area contributed by atoms with E-state index in [0.717, 1.165) is 23.6 Å². The fourth-order valence-corrected chi connectivity index (χ4v) is 1.37. The molecule has 0 saturated heterocycles. The number of aryl methyl sites for hydroxylation is 1. The minimum Gasteiger partial charge on any atom is -0.464 e. The van der Waals surface area contributed by atoms with Crippen molar-refractivity contribution in [3.05, 3.63) is 47.9 Å². The van der Waals surface area contributed by atoms with E-state index in [9.17, 15) is 0 Å². The molecule has 2 heterocycles. The maximum atomic E-state index is 5.99. The van der Waals surface area contributed by atoms with E-state index in [4.69, 9.17) is 10.2 Å².